The smallest absolute Gasteiger partial charge is 0.366 e. The minimum atomic E-state index is -4.55. The Morgan fingerprint density at radius 2 is 1.84 bits per heavy atom. The molecule has 1 heterocycles. The third-order valence-electron chi connectivity index (χ3n) is 5.28. The van der Waals surface area contributed by atoms with Gasteiger partial charge in [-0.25, -0.2) is 0 Å². The number of carbonyl (C=O) groups is 2. The van der Waals surface area contributed by atoms with E-state index in [4.69, 9.17) is 11.0 Å². The molecule has 0 aromatic heterocycles. The molecule has 1 aliphatic rings. The molecule has 1 amide bonds. The van der Waals surface area contributed by atoms with Crippen LogP contribution in [0.3, 0.4) is 0 Å². The number of ketones is 1. The number of hydrogen-bond donors (Lipinski definition) is 2. The molecule has 3 rings (SSSR count). The zero-order valence-electron chi connectivity index (χ0n) is 17.4. The number of halogens is 3. The molecule has 2 aromatic rings. The molecular formula is C23H21F3N4O2. The van der Waals surface area contributed by atoms with Crippen LogP contribution in [0.5, 0.6) is 0 Å². The lowest BCUT2D eigenvalue weighted by Gasteiger charge is -2.43. The quantitative estimate of drug-likeness (QED) is 0.734. The van der Waals surface area contributed by atoms with E-state index >= 15 is 0 Å². The van der Waals surface area contributed by atoms with Gasteiger partial charge in [0, 0.05) is 17.8 Å². The topological polar surface area (TPSA) is 99.2 Å². The molecule has 0 saturated carbocycles. The number of nitriles is 1. The second-order valence-electron chi connectivity index (χ2n) is 7.54. The minimum absolute atomic E-state index is 0.0214. The fraction of sp³-hybridized carbons (Fsp3) is 0.261. The van der Waals surface area contributed by atoms with Crippen LogP contribution in [-0.2, 0) is 15.8 Å². The zero-order valence-corrected chi connectivity index (χ0v) is 17.4. The van der Waals surface area contributed by atoms with Gasteiger partial charge < -0.3 is 10.6 Å². The van der Waals surface area contributed by atoms with Gasteiger partial charge in [0.1, 0.15) is 5.78 Å². The first-order chi connectivity index (χ1) is 15.0. The predicted molar refractivity (Wildman–Crippen MR) is 112 cm³/mol. The molecule has 0 fully saturated rings. The number of Topliss-reactive ketones (excluding diaryl/α,β-unsaturated/α-hetero) is 1. The number of primary amides is 1. The Kier molecular flexibility index (Phi) is 6.37. The molecule has 0 aliphatic carbocycles. The molecule has 1 aliphatic heterocycles. The van der Waals surface area contributed by atoms with Crippen LogP contribution in [0.2, 0.25) is 0 Å². The number of anilines is 1. The SMILES string of the molecule is CC(=O)CC1NC(c2ccc(C#N)cc2)C(C(N)=O)=C(C)N1c1cccc(C(F)(F)F)c1. The fourth-order valence-corrected chi connectivity index (χ4v) is 3.88. The van der Waals surface area contributed by atoms with Gasteiger partial charge in [-0.1, -0.05) is 18.2 Å². The largest absolute Gasteiger partial charge is 0.416 e. The van der Waals surface area contributed by atoms with Gasteiger partial charge in [0.15, 0.2) is 0 Å². The first-order valence-electron chi connectivity index (χ1n) is 9.75. The van der Waals surface area contributed by atoms with E-state index in [-0.39, 0.29) is 23.5 Å². The maximum atomic E-state index is 13.3. The van der Waals surface area contributed by atoms with Crippen LogP contribution in [0.25, 0.3) is 0 Å². The molecule has 0 saturated heterocycles. The Hall–Kier alpha value is -3.64. The first kappa shape index (κ1) is 23.0. The number of alkyl halides is 3. The number of rotatable bonds is 5. The van der Waals surface area contributed by atoms with E-state index in [1.54, 1.807) is 31.2 Å². The van der Waals surface area contributed by atoms with Crippen molar-refractivity contribution < 1.29 is 22.8 Å². The summed E-state index contributed by atoms with van der Waals surface area (Å²) in [6, 6.07) is 12.5. The molecule has 0 spiro atoms. The second kappa shape index (κ2) is 8.85. The van der Waals surface area contributed by atoms with Gasteiger partial charge in [0.25, 0.3) is 0 Å². The van der Waals surface area contributed by atoms with Crippen molar-refractivity contribution in [2.24, 2.45) is 5.73 Å². The molecule has 2 aromatic carbocycles. The molecule has 0 radical (unpaired) electrons. The highest BCUT2D eigenvalue weighted by Gasteiger charge is 2.38. The van der Waals surface area contributed by atoms with Gasteiger partial charge in [0.05, 0.1) is 35.0 Å². The van der Waals surface area contributed by atoms with Gasteiger partial charge >= 0.3 is 6.18 Å². The summed E-state index contributed by atoms with van der Waals surface area (Å²) >= 11 is 0. The summed E-state index contributed by atoms with van der Waals surface area (Å²) in [6.07, 6.45) is -5.30. The van der Waals surface area contributed by atoms with Gasteiger partial charge in [0.2, 0.25) is 5.91 Å². The maximum Gasteiger partial charge on any atom is 0.416 e. The molecule has 9 heteroatoms. The molecule has 2 atom stereocenters. The van der Waals surface area contributed by atoms with Gasteiger partial charge in [-0.2, -0.15) is 18.4 Å². The maximum absolute atomic E-state index is 13.3. The second-order valence-corrected chi connectivity index (χ2v) is 7.54. The van der Waals surface area contributed by atoms with Crippen LogP contribution in [-0.4, -0.2) is 17.9 Å². The summed E-state index contributed by atoms with van der Waals surface area (Å²) in [7, 11) is 0. The number of benzene rings is 2. The van der Waals surface area contributed by atoms with E-state index < -0.39 is 29.9 Å². The van der Waals surface area contributed by atoms with Crippen molar-refractivity contribution >= 4 is 17.4 Å². The van der Waals surface area contributed by atoms with Crippen LogP contribution < -0.4 is 16.0 Å². The van der Waals surface area contributed by atoms with E-state index in [2.05, 4.69) is 5.32 Å². The van der Waals surface area contributed by atoms with Crippen molar-refractivity contribution in [3.05, 3.63) is 76.5 Å². The third-order valence-corrected chi connectivity index (χ3v) is 5.28. The van der Waals surface area contributed by atoms with Gasteiger partial charge in [-0.3, -0.25) is 14.9 Å². The molecular weight excluding hydrogens is 421 g/mol. The predicted octanol–water partition coefficient (Wildman–Crippen LogP) is 3.79. The lowest BCUT2D eigenvalue weighted by atomic mass is 9.91. The number of hydrogen-bond acceptors (Lipinski definition) is 5. The summed E-state index contributed by atoms with van der Waals surface area (Å²) in [6.45, 7) is 2.97. The van der Waals surface area contributed by atoms with Crippen molar-refractivity contribution in [3.8, 4) is 6.07 Å². The number of nitrogens with one attached hydrogen (secondary N) is 1. The van der Waals surface area contributed by atoms with Crippen LogP contribution in [0, 0.1) is 11.3 Å². The molecule has 2 unspecified atom stereocenters. The molecule has 0 bridgehead atoms. The highest BCUT2D eigenvalue weighted by atomic mass is 19.4. The Labute approximate surface area is 183 Å². The van der Waals surface area contributed by atoms with Gasteiger partial charge in [-0.15, -0.1) is 0 Å². The number of amides is 1. The van der Waals surface area contributed by atoms with Crippen LogP contribution in [0.15, 0.2) is 59.8 Å². The highest BCUT2D eigenvalue weighted by Crippen LogP contribution is 2.38. The third kappa shape index (κ3) is 4.65. The van der Waals surface area contributed by atoms with E-state index in [0.717, 1.165) is 12.1 Å². The van der Waals surface area contributed by atoms with E-state index in [1.165, 1.54) is 24.0 Å². The zero-order chi connectivity index (χ0) is 23.6. The summed E-state index contributed by atoms with van der Waals surface area (Å²) in [4.78, 5) is 25.9. The minimum Gasteiger partial charge on any atom is -0.366 e. The lowest BCUT2D eigenvalue weighted by Crippen LogP contribution is -2.53. The average Bonchev–Trinajstić information content (AvgIpc) is 2.72. The normalized spacial score (nSPS) is 18.9. The summed E-state index contributed by atoms with van der Waals surface area (Å²) in [5, 5.41) is 12.2. The first-order valence-corrected chi connectivity index (χ1v) is 9.75. The van der Waals surface area contributed by atoms with Crippen LogP contribution >= 0.6 is 0 Å². The monoisotopic (exact) mass is 442 g/mol. The number of nitrogens with two attached hydrogens (primary N) is 1. The highest BCUT2D eigenvalue weighted by molar-refractivity contribution is 5.95. The number of allylic oxidation sites excluding steroid dienone is 1. The van der Waals surface area contributed by atoms with Crippen molar-refractivity contribution in [1.82, 2.24) is 5.32 Å². The fourth-order valence-electron chi connectivity index (χ4n) is 3.88. The molecule has 6 nitrogen and oxygen atoms in total. The van der Waals surface area contributed by atoms with Crippen LogP contribution in [0.4, 0.5) is 18.9 Å². The molecule has 3 N–H and O–H groups in total. The summed E-state index contributed by atoms with van der Waals surface area (Å²) in [5.41, 5.74) is 6.56. The average molecular weight is 442 g/mol. The van der Waals surface area contributed by atoms with Gasteiger partial charge in [-0.05, 0) is 49.7 Å². The summed E-state index contributed by atoms with van der Waals surface area (Å²) in [5.74, 6) is -0.934. The number of carbonyl (C=O) groups excluding carboxylic acids is 2. The Morgan fingerprint density at radius 1 is 1.19 bits per heavy atom. The molecule has 32 heavy (non-hydrogen) atoms. The van der Waals surface area contributed by atoms with Crippen molar-refractivity contribution in [2.75, 3.05) is 4.90 Å². The van der Waals surface area contributed by atoms with Crippen molar-refractivity contribution in [2.45, 2.75) is 38.7 Å². The van der Waals surface area contributed by atoms with Crippen molar-refractivity contribution in [3.63, 3.8) is 0 Å². The van der Waals surface area contributed by atoms with E-state index in [1.807, 2.05) is 6.07 Å². The lowest BCUT2D eigenvalue weighted by molar-refractivity contribution is -0.137. The standard InChI is InChI=1S/C23H21F3N4O2/c1-13(31)10-19-29-21(16-8-6-15(12-27)7-9-16)20(22(28)32)14(2)30(19)18-5-3-4-17(11-18)23(24,25)26/h3-9,11,19,21,29H,10H2,1-2H3,(H2,28,32). The summed E-state index contributed by atoms with van der Waals surface area (Å²) < 4.78 is 39.9. The van der Waals surface area contributed by atoms with Crippen LogP contribution in [0.1, 0.15) is 43.0 Å². The Morgan fingerprint density at radius 3 is 2.38 bits per heavy atom. The van der Waals surface area contributed by atoms with E-state index in [0.29, 0.717) is 16.8 Å². The van der Waals surface area contributed by atoms with Crippen molar-refractivity contribution in [1.29, 1.82) is 5.26 Å². The molecule has 166 valence electrons. The Balaban J connectivity index is 2.17. The van der Waals surface area contributed by atoms with E-state index in [9.17, 15) is 22.8 Å². The number of nitrogens with zero attached hydrogens (tertiary/aromatic N) is 2. The Bertz CT molecular complexity index is 1120.